The molecule has 0 aliphatic carbocycles. The molecular weight excluding hydrogens is 450 g/mol. The summed E-state index contributed by atoms with van der Waals surface area (Å²) in [5.41, 5.74) is 1.70. The van der Waals surface area contributed by atoms with Gasteiger partial charge in [0.2, 0.25) is 15.0 Å². The van der Waals surface area contributed by atoms with E-state index in [0.29, 0.717) is 41.5 Å². The van der Waals surface area contributed by atoms with Crippen molar-refractivity contribution in [2.45, 2.75) is 30.9 Å². The second-order valence-electron chi connectivity index (χ2n) is 7.21. The highest BCUT2D eigenvalue weighted by Crippen LogP contribution is 2.23. The fourth-order valence-electron chi connectivity index (χ4n) is 3.36. The molecule has 170 valence electrons. The van der Waals surface area contributed by atoms with E-state index in [-0.39, 0.29) is 23.4 Å². The highest BCUT2D eigenvalue weighted by molar-refractivity contribution is 7.90. The number of amides is 1. The standard InChI is InChI=1S/C23H26ClN3O4S/c1-3-26(22(28)18-9-5-4-6-10-18)16-20-15-25-23(27(20)13-14-31-2)32(29,30)17-19-11-7-8-12-21(19)24/h4-12,15H,3,13-14,16-17H2,1-2H3. The van der Waals surface area contributed by atoms with Crippen molar-refractivity contribution in [1.29, 1.82) is 0 Å². The van der Waals surface area contributed by atoms with E-state index < -0.39 is 9.84 Å². The number of hydrogen-bond donors (Lipinski definition) is 0. The summed E-state index contributed by atoms with van der Waals surface area (Å²) >= 11 is 6.17. The van der Waals surface area contributed by atoms with Gasteiger partial charge in [0.25, 0.3) is 5.91 Å². The fourth-order valence-corrected chi connectivity index (χ4v) is 5.19. The third kappa shape index (κ3) is 5.56. The van der Waals surface area contributed by atoms with Gasteiger partial charge in [0.15, 0.2) is 0 Å². The molecule has 0 saturated carbocycles. The lowest BCUT2D eigenvalue weighted by molar-refractivity contribution is 0.0747. The summed E-state index contributed by atoms with van der Waals surface area (Å²) in [5, 5.41) is 0.324. The van der Waals surface area contributed by atoms with Crippen LogP contribution in [0.1, 0.15) is 28.5 Å². The van der Waals surface area contributed by atoms with Crippen LogP contribution in [0.4, 0.5) is 0 Å². The van der Waals surface area contributed by atoms with Gasteiger partial charge in [0.1, 0.15) is 0 Å². The number of ether oxygens (including phenoxy) is 1. The van der Waals surface area contributed by atoms with E-state index in [1.54, 1.807) is 53.0 Å². The Hall–Kier alpha value is -2.68. The van der Waals surface area contributed by atoms with Crippen molar-refractivity contribution >= 4 is 27.3 Å². The Morgan fingerprint density at radius 1 is 1.12 bits per heavy atom. The Kier molecular flexibility index (Phi) is 8.06. The Balaban J connectivity index is 1.92. The lowest BCUT2D eigenvalue weighted by atomic mass is 10.2. The summed E-state index contributed by atoms with van der Waals surface area (Å²) in [4.78, 5) is 18.8. The minimum absolute atomic E-state index is 0.0623. The zero-order chi connectivity index (χ0) is 23.1. The molecule has 1 amide bonds. The predicted molar refractivity (Wildman–Crippen MR) is 123 cm³/mol. The molecule has 0 radical (unpaired) electrons. The van der Waals surface area contributed by atoms with Crippen molar-refractivity contribution < 1.29 is 17.9 Å². The van der Waals surface area contributed by atoms with Crippen LogP contribution < -0.4 is 0 Å². The molecule has 0 aliphatic rings. The lowest BCUT2D eigenvalue weighted by Gasteiger charge is -2.22. The van der Waals surface area contributed by atoms with Crippen LogP contribution in [0.3, 0.4) is 0 Å². The Labute approximate surface area is 193 Å². The van der Waals surface area contributed by atoms with Crippen molar-refractivity contribution in [3.05, 3.63) is 82.6 Å². The molecule has 0 N–H and O–H groups in total. The molecule has 1 heterocycles. The van der Waals surface area contributed by atoms with Gasteiger partial charge in [-0.15, -0.1) is 0 Å². The van der Waals surface area contributed by atoms with Gasteiger partial charge in [-0.3, -0.25) is 4.79 Å². The van der Waals surface area contributed by atoms with E-state index >= 15 is 0 Å². The lowest BCUT2D eigenvalue weighted by Crippen LogP contribution is -2.31. The van der Waals surface area contributed by atoms with Crippen molar-refractivity contribution in [3.63, 3.8) is 0 Å². The van der Waals surface area contributed by atoms with Crippen molar-refractivity contribution in [1.82, 2.24) is 14.5 Å². The van der Waals surface area contributed by atoms with Crippen molar-refractivity contribution in [2.24, 2.45) is 0 Å². The fraction of sp³-hybridized carbons (Fsp3) is 0.304. The largest absolute Gasteiger partial charge is 0.383 e. The molecule has 0 atom stereocenters. The summed E-state index contributed by atoms with van der Waals surface area (Å²) in [6.07, 6.45) is 1.51. The number of aromatic nitrogens is 2. The Morgan fingerprint density at radius 2 is 1.81 bits per heavy atom. The number of carbonyl (C=O) groups excluding carboxylic acids is 1. The molecular formula is C23H26ClN3O4S. The van der Waals surface area contributed by atoms with Crippen LogP contribution in [0.15, 0.2) is 66.0 Å². The second-order valence-corrected chi connectivity index (χ2v) is 9.50. The number of imidazole rings is 1. The average Bonchev–Trinajstić information content (AvgIpc) is 3.21. The van der Waals surface area contributed by atoms with E-state index in [1.165, 1.54) is 6.20 Å². The summed E-state index contributed by atoms with van der Waals surface area (Å²) in [5.74, 6) is -0.399. The monoisotopic (exact) mass is 475 g/mol. The number of hydrogen-bond acceptors (Lipinski definition) is 5. The molecule has 0 unspecified atom stereocenters. The number of sulfone groups is 1. The molecule has 9 heteroatoms. The predicted octanol–water partition coefficient (Wildman–Crippen LogP) is 3.82. The molecule has 0 saturated heterocycles. The smallest absolute Gasteiger partial charge is 0.254 e. The van der Waals surface area contributed by atoms with Gasteiger partial charge in [-0.25, -0.2) is 13.4 Å². The summed E-state index contributed by atoms with van der Waals surface area (Å²) in [7, 11) is -2.24. The quantitative estimate of drug-likeness (QED) is 0.445. The zero-order valence-corrected chi connectivity index (χ0v) is 19.6. The van der Waals surface area contributed by atoms with Crippen LogP contribution in [0.2, 0.25) is 5.02 Å². The topological polar surface area (TPSA) is 81.5 Å². The molecule has 0 bridgehead atoms. The molecule has 3 rings (SSSR count). The third-order valence-corrected chi connectivity index (χ3v) is 6.99. The van der Waals surface area contributed by atoms with Crippen LogP contribution in [0.5, 0.6) is 0 Å². The molecule has 7 nitrogen and oxygen atoms in total. The maximum Gasteiger partial charge on any atom is 0.254 e. The van der Waals surface area contributed by atoms with Crippen molar-refractivity contribution in [2.75, 3.05) is 20.3 Å². The molecule has 0 aliphatic heterocycles. The van der Waals surface area contributed by atoms with Gasteiger partial charge in [0, 0.05) is 30.8 Å². The second kappa shape index (κ2) is 10.8. The molecule has 0 spiro atoms. The number of rotatable bonds is 10. The number of carbonyl (C=O) groups is 1. The van der Waals surface area contributed by atoms with Gasteiger partial charge >= 0.3 is 0 Å². The SMILES string of the molecule is CCN(Cc1cnc(S(=O)(=O)Cc2ccccc2Cl)n1CCOC)C(=O)c1ccccc1. The van der Waals surface area contributed by atoms with Gasteiger partial charge in [-0.05, 0) is 30.7 Å². The first-order chi connectivity index (χ1) is 15.4. The van der Waals surface area contributed by atoms with Gasteiger partial charge in [0.05, 0.1) is 30.8 Å². The van der Waals surface area contributed by atoms with Crippen LogP contribution in [0.25, 0.3) is 0 Å². The molecule has 2 aromatic carbocycles. The zero-order valence-electron chi connectivity index (χ0n) is 18.1. The van der Waals surface area contributed by atoms with E-state index in [1.807, 2.05) is 25.1 Å². The van der Waals surface area contributed by atoms with Crippen LogP contribution in [-0.4, -0.2) is 49.0 Å². The van der Waals surface area contributed by atoms with Gasteiger partial charge < -0.3 is 14.2 Å². The summed E-state index contributed by atoms with van der Waals surface area (Å²) in [6, 6.07) is 15.8. The minimum atomic E-state index is -3.78. The van der Waals surface area contributed by atoms with Crippen LogP contribution >= 0.6 is 11.6 Å². The maximum absolute atomic E-state index is 13.2. The molecule has 3 aromatic rings. The first-order valence-corrected chi connectivity index (χ1v) is 12.2. The number of benzene rings is 2. The third-order valence-electron chi connectivity index (χ3n) is 5.04. The Bertz CT molecular complexity index is 1160. The van der Waals surface area contributed by atoms with Crippen LogP contribution in [-0.2, 0) is 33.4 Å². The highest BCUT2D eigenvalue weighted by Gasteiger charge is 2.26. The number of nitrogens with zero attached hydrogens (tertiary/aromatic N) is 3. The minimum Gasteiger partial charge on any atom is -0.383 e. The van der Waals surface area contributed by atoms with Crippen molar-refractivity contribution in [3.8, 4) is 0 Å². The average molecular weight is 476 g/mol. The van der Waals surface area contributed by atoms with E-state index in [9.17, 15) is 13.2 Å². The number of halogens is 1. The number of methoxy groups -OCH3 is 1. The van der Waals surface area contributed by atoms with E-state index in [0.717, 1.165) is 0 Å². The first kappa shape index (κ1) is 24.0. The van der Waals surface area contributed by atoms with Gasteiger partial charge in [-0.1, -0.05) is 48.0 Å². The van der Waals surface area contributed by atoms with E-state index in [4.69, 9.17) is 16.3 Å². The molecule has 0 fully saturated rings. The molecule has 32 heavy (non-hydrogen) atoms. The maximum atomic E-state index is 13.2. The highest BCUT2D eigenvalue weighted by atomic mass is 35.5. The van der Waals surface area contributed by atoms with Crippen LogP contribution in [0, 0.1) is 0 Å². The Morgan fingerprint density at radius 3 is 2.47 bits per heavy atom. The first-order valence-electron chi connectivity index (χ1n) is 10.2. The summed E-state index contributed by atoms with van der Waals surface area (Å²) < 4.78 is 33.2. The van der Waals surface area contributed by atoms with E-state index in [2.05, 4.69) is 4.98 Å². The molecule has 1 aromatic heterocycles. The summed E-state index contributed by atoms with van der Waals surface area (Å²) in [6.45, 7) is 3.16. The van der Waals surface area contributed by atoms with Gasteiger partial charge in [-0.2, -0.15) is 0 Å². The normalized spacial score (nSPS) is 11.5.